The smallest absolute Gasteiger partial charge is 0.243 e. The molecule has 1 aromatic heterocycles. The van der Waals surface area contributed by atoms with Gasteiger partial charge in [0.05, 0.1) is 17.5 Å². The lowest BCUT2D eigenvalue weighted by atomic mass is 10.1. The summed E-state index contributed by atoms with van der Waals surface area (Å²) in [4.78, 5) is 14.1. The van der Waals surface area contributed by atoms with Gasteiger partial charge in [-0.2, -0.15) is 15.6 Å². The number of hydrogen-bond acceptors (Lipinski definition) is 5. The molecular weight excluding hydrogens is 377 g/mol. The first kappa shape index (κ1) is 20.5. The van der Waals surface area contributed by atoms with E-state index < -0.39 is 21.7 Å². The summed E-state index contributed by atoms with van der Waals surface area (Å²) in [5, 5.41) is 6.76. The summed E-state index contributed by atoms with van der Waals surface area (Å²) in [7, 11) is 1.30. The van der Waals surface area contributed by atoms with Gasteiger partial charge in [-0.25, -0.2) is 12.8 Å². The zero-order valence-electron chi connectivity index (χ0n) is 14.8. The summed E-state index contributed by atoms with van der Waals surface area (Å²) in [5.74, 6) is -0.923. The lowest BCUT2D eigenvalue weighted by Crippen LogP contribution is -2.41. The second-order valence-corrected chi connectivity index (χ2v) is 8.88. The minimum absolute atomic E-state index is 0.00390. The Bertz CT molecular complexity index is 821. The van der Waals surface area contributed by atoms with Crippen LogP contribution in [-0.4, -0.2) is 57.8 Å². The molecule has 0 fully saturated rings. The molecule has 0 saturated carbocycles. The third-order valence-electron chi connectivity index (χ3n) is 3.93. The molecule has 1 N–H and O–H groups in total. The molecule has 26 heavy (non-hydrogen) atoms. The Morgan fingerprint density at radius 1 is 1.19 bits per heavy atom. The SMILES string of the molecule is CN(C)C(CNC(=O)CN(C)S(=O)(=O)c1ccc(F)cc1)c1ccsc1. The quantitative estimate of drug-likeness (QED) is 0.736. The predicted molar refractivity (Wildman–Crippen MR) is 100.0 cm³/mol. The zero-order chi connectivity index (χ0) is 19.3. The van der Waals surface area contributed by atoms with Gasteiger partial charge in [-0.15, -0.1) is 0 Å². The topological polar surface area (TPSA) is 69.7 Å². The highest BCUT2D eigenvalue weighted by molar-refractivity contribution is 7.89. The highest BCUT2D eigenvalue weighted by Gasteiger charge is 2.23. The first-order valence-corrected chi connectivity index (χ1v) is 10.3. The molecule has 0 aliphatic rings. The fraction of sp³-hybridized carbons (Fsp3) is 0.353. The molecule has 142 valence electrons. The summed E-state index contributed by atoms with van der Waals surface area (Å²) in [5.41, 5.74) is 1.09. The number of nitrogens with one attached hydrogen (secondary N) is 1. The number of amides is 1. The van der Waals surface area contributed by atoms with Gasteiger partial charge in [-0.3, -0.25) is 4.79 Å². The van der Waals surface area contributed by atoms with E-state index in [0.717, 1.165) is 22.0 Å². The van der Waals surface area contributed by atoms with Crippen molar-refractivity contribution in [2.24, 2.45) is 0 Å². The molecule has 0 aliphatic heterocycles. The van der Waals surface area contributed by atoms with Crippen LogP contribution in [0.1, 0.15) is 11.6 Å². The maximum atomic E-state index is 13.0. The zero-order valence-corrected chi connectivity index (χ0v) is 16.5. The van der Waals surface area contributed by atoms with E-state index in [1.54, 1.807) is 11.3 Å². The second-order valence-electron chi connectivity index (χ2n) is 6.06. The van der Waals surface area contributed by atoms with Gasteiger partial charge < -0.3 is 10.2 Å². The largest absolute Gasteiger partial charge is 0.353 e. The van der Waals surface area contributed by atoms with E-state index in [-0.39, 0.29) is 17.5 Å². The van der Waals surface area contributed by atoms with Crippen molar-refractivity contribution in [3.63, 3.8) is 0 Å². The summed E-state index contributed by atoms with van der Waals surface area (Å²) in [6.45, 7) is 0.0521. The Hall–Kier alpha value is -1.81. The highest BCUT2D eigenvalue weighted by Crippen LogP contribution is 2.20. The van der Waals surface area contributed by atoms with Crippen LogP contribution in [0.3, 0.4) is 0 Å². The van der Waals surface area contributed by atoms with Crippen molar-refractivity contribution >= 4 is 27.3 Å². The van der Waals surface area contributed by atoms with Crippen LogP contribution in [0.15, 0.2) is 46.0 Å². The summed E-state index contributed by atoms with van der Waals surface area (Å²) < 4.78 is 38.8. The van der Waals surface area contributed by atoms with Crippen LogP contribution in [0.25, 0.3) is 0 Å². The molecule has 1 atom stereocenters. The van der Waals surface area contributed by atoms with E-state index in [0.29, 0.717) is 6.54 Å². The van der Waals surface area contributed by atoms with Crippen LogP contribution in [-0.2, 0) is 14.8 Å². The Morgan fingerprint density at radius 2 is 1.85 bits per heavy atom. The van der Waals surface area contributed by atoms with Gasteiger partial charge in [0.25, 0.3) is 0 Å². The van der Waals surface area contributed by atoms with Crippen molar-refractivity contribution in [1.29, 1.82) is 0 Å². The number of hydrogen-bond donors (Lipinski definition) is 1. The Morgan fingerprint density at radius 3 is 2.38 bits per heavy atom. The molecule has 1 heterocycles. The number of halogens is 1. The van der Waals surface area contributed by atoms with Crippen LogP contribution in [0.2, 0.25) is 0 Å². The Balaban J connectivity index is 1.97. The first-order valence-electron chi connectivity index (χ1n) is 7.89. The molecular formula is C17H22FN3O3S2. The van der Waals surface area contributed by atoms with Gasteiger partial charge in [-0.1, -0.05) is 0 Å². The molecule has 2 rings (SSSR count). The van der Waals surface area contributed by atoms with E-state index in [2.05, 4.69) is 5.32 Å². The highest BCUT2D eigenvalue weighted by atomic mass is 32.2. The average molecular weight is 400 g/mol. The fourth-order valence-corrected chi connectivity index (χ4v) is 4.24. The number of benzene rings is 1. The Kier molecular flexibility index (Phi) is 6.87. The van der Waals surface area contributed by atoms with Crippen LogP contribution in [0, 0.1) is 5.82 Å². The maximum absolute atomic E-state index is 13.0. The molecule has 1 amide bonds. The van der Waals surface area contributed by atoms with Gasteiger partial charge in [0.2, 0.25) is 15.9 Å². The normalized spacial score (nSPS) is 13.2. The van der Waals surface area contributed by atoms with Crippen molar-refractivity contribution in [3.05, 3.63) is 52.5 Å². The molecule has 0 spiro atoms. The number of carbonyl (C=O) groups is 1. The minimum Gasteiger partial charge on any atom is -0.353 e. The minimum atomic E-state index is -3.85. The molecule has 9 heteroatoms. The van der Waals surface area contributed by atoms with Gasteiger partial charge in [0, 0.05) is 13.6 Å². The van der Waals surface area contributed by atoms with Gasteiger partial charge in [-0.05, 0) is 60.8 Å². The van der Waals surface area contributed by atoms with E-state index in [1.807, 2.05) is 35.8 Å². The molecule has 6 nitrogen and oxygen atoms in total. The number of sulfonamides is 1. The lowest BCUT2D eigenvalue weighted by molar-refractivity contribution is -0.121. The standard InChI is InChI=1S/C17H22FN3O3S2/c1-20(2)16(13-8-9-25-12-13)10-19-17(22)11-21(3)26(23,24)15-6-4-14(18)5-7-15/h4-9,12,16H,10-11H2,1-3H3,(H,19,22). The summed E-state index contributed by atoms with van der Waals surface area (Å²) in [6.07, 6.45) is 0. The van der Waals surface area contributed by atoms with E-state index in [4.69, 9.17) is 0 Å². The molecule has 0 bridgehead atoms. The van der Waals surface area contributed by atoms with Crippen LogP contribution in [0.4, 0.5) is 4.39 Å². The monoisotopic (exact) mass is 399 g/mol. The third kappa shape index (κ3) is 5.10. The van der Waals surface area contributed by atoms with Crippen molar-refractivity contribution in [1.82, 2.24) is 14.5 Å². The molecule has 1 aromatic carbocycles. The van der Waals surface area contributed by atoms with E-state index in [9.17, 15) is 17.6 Å². The number of rotatable bonds is 8. The fourth-order valence-electron chi connectivity index (χ4n) is 2.40. The predicted octanol–water partition coefficient (Wildman–Crippen LogP) is 1.93. The van der Waals surface area contributed by atoms with Crippen molar-refractivity contribution in [2.45, 2.75) is 10.9 Å². The van der Waals surface area contributed by atoms with Crippen LogP contribution < -0.4 is 5.32 Å². The van der Waals surface area contributed by atoms with Crippen molar-refractivity contribution in [2.75, 3.05) is 34.2 Å². The third-order valence-corrected chi connectivity index (χ3v) is 6.45. The molecule has 0 aliphatic carbocycles. The van der Waals surface area contributed by atoms with Gasteiger partial charge in [0.15, 0.2) is 0 Å². The molecule has 2 aromatic rings. The van der Waals surface area contributed by atoms with E-state index in [1.165, 1.54) is 19.2 Å². The number of thiophene rings is 1. The summed E-state index contributed by atoms with van der Waals surface area (Å²) in [6, 6.07) is 6.50. The van der Waals surface area contributed by atoms with Crippen molar-refractivity contribution < 1.29 is 17.6 Å². The van der Waals surface area contributed by atoms with Crippen LogP contribution in [0.5, 0.6) is 0 Å². The lowest BCUT2D eigenvalue weighted by Gasteiger charge is -2.24. The Labute approximate surface area is 157 Å². The molecule has 0 radical (unpaired) electrons. The van der Waals surface area contributed by atoms with E-state index >= 15 is 0 Å². The average Bonchev–Trinajstić information content (AvgIpc) is 3.09. The molecule has 0 saturated heterocycles. The van der Waals surface area contributed by atoms with Gasteiger partial charge >= 0.3 is 0 Å². The van der Waals surface area contributed by atoms with Gasteiger partial charge in [0.1, 0.15) is 5.82 Å². The second kappa shape index (κ2) is 8.72. The summed E-state index contributed by atoms with van der Waals surface area (Å²) >= 11 is 1.58. The van der Waals surface area contributed by atoms with Crippen LogP contribution >= 0.6 is 11.3 Å². The first-order chi connectivity index (χ1) is 12.2. The molecule has 1 unspecified atom stereocenters. The number of likely N-dealkylation sites (N-methyl/N-ethyl adjacent to an activating group) is 2. The maximum Gasteiger partial charge on any atom is 0.243 e. The number of nitrogens with zero attached hydrogens (tertiary/aromatic N) is 2. The number of carbonyl (C=O) groups excluding carboxylic acids is 1. The van der Waals surface area contributed by atoms with Crippen molar-refractivity contribution in [3.8, 4) is 0 Å².